The molecule has 0 amide bonds. The zero-order valence-electron chi connectivity index (χ0n) is 12.3. The summed E-state index contributed by atoms with van der Waals surface area (Å²) in [5, 5.41) is 3.44. The first-order chi connectivity index (χ1) is 9.67. The number of nitrogens with zero attached hydrogens (tertiary/aromatic N) is 3. The minimum absolute atomic E-state index is 0.136. The van der Waals surface area contributed by atoms with Crippen molar-refractivity contribution >= 4 is 11.7 Å². The van der Waals surface area contributed by atoms with Crippen molar-refractivity contribution in [2.24, 2.45) is 0 Å². The first kappa shape index (κ1) is 14.9. The zero-order chi connectivity index (χ0) is 14.5. The number of pyridine rings is 1. The van der Waals surface area contributed by atoms with Gasteiger partial charge in [-0.3, -0.25) is 4.98 Å². The molecule has 0 saturated carbocycles. The van der Waals surface area contributed by atoms with Gasteiger partial charge < -0.3 is 10.1 Å². The van der Waals surface area contributed by atoms with Crippen LogP contribution in [0.25, 0.3) is 0 Å². The number of aryl methyl sites for hydroxylation is 1. The molecule has 1 N–H and O–H groups in total. The lowest BCUT2D eigenvalue weighted by Crippen LogP contribution is -2.24. The van der Waals surface area contributed by atoms with Gasteiger partial charge in [-0.05, 0) is 20.4 Å². The van der Waals surface area contributed by atoms with Crippen LogP contribution < -0.4 is 10.1 Å². The molecule has 0 aromatic carbocycles. The van der Waals surface area contributed by atoms with Crippen molar-refractivity contribution in [2.75, 3.05) is 13.7 Å². The Morgan fingerprint density at radius 3 is 2.75 bits per heavy atom. The third kappa shape index (κ3) is 3.13. The molecule has 0 fully saturated rings. The van der Waals surface area contributed by atoms with E-state index in [2.05, 4.69) is 32.9 Å². The highest BCUT2D eigenvalue weighted by atomic mass is 32.1. The predicted molar refractivity (Wildman–Crippen MR) is 80.3 cm³/mol. The van der Waals surface area contributed by atoms with Crippen LogP contribution in [0, 0.1) is 13.8 Å². The first-order valence-corrected chi connectivity index (χ1v) is 7.40. The summed E-state index contributed by atoms with van der Waals surface area (Å²) in [7, 11) is 1.70. The van der Waals surface area contributed by atoms with Gasteiger partial charge in [-0.15, -0.1) is 0 Å². The normalized spacial score (nSPS) is 12.4. The average molecular weight is 292 g/mol. The van der Waals surface area contributed by atoms with Crippen LogP contribution in [0.2, 0.25) is 0 Å². The largest absolute Gasteiger partial charge is 0.496 e. The summed E-state index contributed by atoms with van der Waals surface area (Å²) in [5.74, 6) is 0.918. The molecule has 0 aliphatic heterocycles. The number of methoxy groups -OCH3 is 1. The Morgan fingerprint density at radius 1 is 1.35 bits per heavy atom. The summed E-state index contributed by atoms with van der Waals surface area (Å²) >= 11 is 1.23. The molecule has 2 heterocycles. The van der Waals surface area contributed by atoms with Crippen LogP contribution in [0.5, 0.6) is 5.75 Å². The van der Waals surface area contributed by atoms with Crippen LogP contribution >= 0.6 is 11.7 Å². The van der Waals surface area contributed by atoms with E-state index in [9.17, 15) is 0 Å². The summed E-state index contributed by atoms with van der Waals surface area (Å²) in [5.41, 5.74) is 4.16. The van der Waals surface area contributed by atoms with Crippen molar-refractivity contribution in [2.45, 2.75) is 33.2 Å². The van der Waals surface area contributed by atoms with E-state index in [1.807, 2.05) is 19.3 Å². The topological polar surface area (TPSA) is 59.9 Å². The Labute approximate surface area is 123 Å². The molecular formula is C14H20N4OS. The molecule has 0 bridgehead atoms. The lowest BCUT2D eigenvalue weighted by atomic mass is 10.0. The fraction of sp³-hybridized carbons (Fsp3) is 0.500. The Bertz CT molecular complexity index is 557. The fourth-order valence-electron chi connectivity index (χ4n) is 2.32. The summed E-state index contributed by atoms with van der Waals surface area (Å²) in [6.07, 6.45) is 4.46. The number of nitrogens with one attached hydrogen (secondary N) is 1. The predicted octanol–water partition coefficient (Wildman–Crippen LogP) is 2.45. The van der Waals surface area contributed by atoms with Gasteiger partial charge in [-0.25, -0.2) is 0 Å². The molecule has 0 aliphatic carbocycles. The molecule has 0 aliphatic rings. The van der Waals surface area contributed by atoms with Gasteiger partial charge >= 0.3 is 0 Å². The second-order valence-corrected chi connectivity index (χ2v) is 5.25. The number of aromatic nitrogens is 3. The van der Waals surface area contributed by atoms with Crippen LogP contribution in [0.1, 0.15) is 35.5 Å². The molecule has 0 radical (unpaired) electrons. The fourth-order valence-corrected chi connectivity index (χ4v) is 2.79. The van der Waals surface area contributed by atoms with Crippen molar-refractivity contribution in [3.63, 3.8) is 0 Å². The zero-order valence-corrected chi connectivity index (χ0v) is 13.1. The monoisotopic (exact) mass is 292 g/mol. The lowest BCUT2D eigenvalue weighted by molar-refractivity contribution is 0.406. The second kappa shape index (κ2) is 6.76. The van der Waals surface area contributed by atoms with Crippen molar-refractivity contribution in [3.05, 3.63) is 34.9 Å². The minimum Gasteiger partial charge on any atom is -0.496 e. The van der Waals surface area contributed by atoms with Crippen LogP contribution in [0.15, 0.2) is 12.4 Å². The van der Waals surface area contributed by atoms with Gasteiger partial charge in [0.25, 0.3) is 0 Å². The Morgan fingerprint density at radius 2 is 2.15 bits per heavy atom. The highest BCUT2D eigenvalue weighted by Gasteiger charge is 2.18. The van der Waals surface area contributed by atoms with Crippen LogP contribution in [-0.4, -0.2) is 27.4 Å². The third-order valence-electron chi connectivity index (χ3n) is 3.33. The second-order valence-electron chi connectivity index (χ2n) is 4.69. The van der Waals surface area contributed by atoms with Crippen LogP contribution in [-0.2, 0) is 6.42 Å². The van der Waals surface area contributed by atoms with Crippen LogP contribution in [0.4, 0.5) is 0 Å². The van der Waals surface area contributed by atoms with E-state index in [1.54, 1.807) is 7.11 Å². The van der Waals surface area contributed by atoms with Gasteiger partial charge in [0.05, 0.1) is 36.8 Å². The number of ether oxygens (including phenoxy) is 1. The third-order valence-corrected chi connectivity index (χ3v) is 3.83. The molecule has 1 atom stereocenters. The van der Waals surface area contributed by atoms with E-state index >= 15 is 0 Å². The number of likely N-dealkylation sites (N-methyl/N-ethyl adjacent to an activating group) is 1. The van der Waals surface area contributed by atoms with Crippen molar-refractivity contribution in [1.82, 2.24) is 19.0 Å². The van der Waals surface area contributed by atoms with E-state index in [0.717, 1.165) is 41.2 Å². The van der Waals surface area contributed by atoms with E-state index in [4.69, 9.17) is 4.74 Å². The SMILES string of the molecule is CCNC(Cc1ncc(C)c(OC)c1C)c1cnsn1. The van der Waals surface area contributed by atoms with Gasteiger partial charge in [0, 0.05) is 29.4 Å². The molecule has 2 aromatic rings. The smallest absolute Gasteiger partial charge is 0.128 e. The van der Waals surface area contributed by atoms with E-state index < -0.39 is 0 Å². The summed E-state index contributed by atoms with van der Waals surface area (Å²) in [4.78, 5) is 4.55. The molecular weight excluding hydrogens is 272 g/mol. The maximum Gasteiger partial charge on any atom is 0.128 e. The Hall–Kier alpha value is -1.53. The molecule has 0 spiro atoms. The highest BCUT2D eigenvalue weighted by molar-refractivity contribution is 6.99. The molecule has 2 aromatic heterocycles. The molecule has 5 nitrogen and oxygen atoms in total. The van der Waals surface area contributed by atoms with Crippen molar-refractivity contribution < 1.29 is 4.74 Å². The summed E-state index contributed by atoms with van der Waals surface area (Å²) in [6.45, 7) is 7.03. The van der Waals surface area contributed by atoms with E-state index in [0.29, 0.717) is 0 Å². The standard InChI is InChI=1S/C14H20N4OS/c1-5-15-12(13-8-17-20-18-13)6-11-10(3)14(19-4)9(2)7-16-11/h7-8,12,15H,5-6H2,1-4H3. The van der Waals surface area contributed by atoms with Gasteiger partial charge in [0.1, 0.15) is 5.75 Å². The molecule has 1 unspecified atom stereocenters. The Kier molecular flexibility index (Phi) is 5.03. The van der Waals surface area contributed by atoms with Gasteiger partial charge in [-0.1, -0.05) is 6.92 Å². The molecule has 20 heavy (non-hydrogen) atoms. The maximum absolute atomic E-state index is 5.46. The first-order valence-electron chi connectivity index (χ1n) is 6.67. The molecule has 108 valence electrons. The van der Waals surface area contributed by atoms with Gasteiger partial charge in [0.15, 0.2) is 0 Å². The summed E-state index contributed by atoms with van der Waals surface area (Å²) in [6, 6.07) is 0.136. The van der Waals surface area contributed by atoms with Gasteiger partial charge in [-0.2, -0.15) is 8.75 Å². The number of hydrogen-bond donors (Lipinski definition) is 1. The van der Waals surface area contributed by atoms with Crippen molar-refractivity contribution in [3.8, 4) is 5.75 Å². The number of hydrogen-bond acceptors (Lipinski definition) is 6. The number of rotatable bonds is 6. The molecule has 2 rings (SSSR count). The Balaban J connectivity index is 2.27. The summed E-state index contributed by atoms with van der Waals surface area (Å²) < 4.78 is 13.9. The van der Waals surface area contributed by atoms with E-state index in [-0.39, 0.29) is 6.04 Å². The van der Waals surface area contributed by atoms with Crippen molar-refractivity contribution in [1.29, 1.82) is 0 Å². The average Bonchev–Trinajstić information content (AvgIpc) is 2.95. The quantitative estimate of drug-likeness (QED) is 0.886. The maximum atomic E-state index is 5.46. The minimum atomic E-state index is 0.136. The molecule has 6 heteroatoms. The lowest BCUT2D eigenvalue weighted by Gasteiger charge is -2.18. The van der Waals surface area contributed by atoms with Gasteiger partial charge in [0.2, 0.25) is 0 Å². The molecule has 0 saturated heterocycles. The highest BCUT2D eigenvalue weighted by Crippen LogP contribution is 2.26. The van der Waals surface area contributed by atoms with E-state index in [1.165, 1.54) is 11.7 Å². The van der Waals surface area contributed by atoms with Crippen LogP contribution in [0.3, 0.4) is 0 Å².